The van der Waals surface area contributed by atoms with Gasteiger partial charge in [-0.25, -0.2) is 4.79 Å². The zero-order chi connectivity index (χ0) is 99.7. The number of esters is 1. The quantitative estimate of drug-likeness (QED) is 0.0128. The molecule has 13 rings (SSSR count). The summed E-state index contributed by atoms with van der Waals surface area (Å²) in [6, 6.07) is 4.71. The average molecular weight is 1950 g/mol. The zero-order valence-corrected chi connectivity index (χ0v) is 84.5. The molecule has 31 nitrogen and oxygen atoms in total. The Labute approximate surface area is 826 Å². The number of nitrogens with zero attached hydrogens (tertiary/aromatic N) is 4. The van der Waals surface area contributed by atoms with Crippen molar-refractivity contribution in [1.82, 2.24) is 67.9 Å². The van der Waals surface area contributed by atoms with E-state index >= 15 is 38.4 Å². The highest BCUT2D eigenvalue weighted by molar-refractivity contribution is 8.76. The Morgan fingerprint density at radius 1 is 0.705 bits per heavy atom. The van der Waals surface area contributed by atoms with Crippen LogP contribution in [-0.2, 0) is 79.8 Å². The number of rotatable bonds is 30. The number of carbonyl (C=O) groups is 13. The molecule has 3 saturated heterocycles. The van der Waals surface area contributed by atoms with Crippen molar-refractivity contribution in [2.45, 2.75) is 302 Å². The third kappa shape index (κ3) is 27.3. The fraction of sp³-hybridized carbons (Fsp3) is 0.623. The van der Waals surface area contributed by atoms with Crippen LogP contribution >= 0.6 is 21.6 Å². The van der Waals surface area contributed by atoms with Crippen molar-refractivity contribution >= 4 is 115 Å². The first kappa shape index (κ1) is 106. The fourth-order valence-corrected chi connectivity index (χ4v) is 25.5. The van der Waals surface area contributed by atoms with Crippen LogP contribution in [0.2, 0.25) is 0 Å². The second kappa shape index (κ2) is 47.9. The number of allylic oxidation sites excluding steroid dienone is 4. The summed E-state index contributed by atoms with van der Waals surface area (Å²) < 4.78 is 11.6. The molecule has 756 valence electrons. The van der Waals surface area contributed by atoms with Crippen LogP contribution in [0, 0.1) is 64.1 Å². The van der Waals surface area contributed by atoms with E-state index in [9.17, 15) is 34.2 Å². The molecule has 6 fully saturated rings. The third-order valence-electron chi connectivity index (χ3n) is 30.7. The number of ketones is 1. The molecule has 11 amide bonds. The van der Waals surface area contributed by atoms with Gasteiger partial charge in [0.15, 0.2) is 5.78 Å². The molecule has 0 bridgehead atoms. The summed E-state index contributed by atoms with van der Waals surface area (Å²) in [7, 11) is 3.69. The number of aliphatic hydroxyl groups is 1. The predicted molar refractivity (Wildman–Crippen MR) is 536 cm³/mol. The van der Waals surface area contributed by atoms with Crippen LogP contribution < -0.4 is 53.2 Å². The van der Waals surface area contributed by atoms with Gasteiger partial charge in [0.1, 0.15) is 72.3 Å². The molecule has 5 aliphatic heterocycles. The van der Waals surface area contributed by atoms with E-state index in [1.54, 1.807) is 69.0 Å². The number of ether oxygens (including phenoxy) is 2. The van der Waals surface area contributed by atoms with Crippen LogP contribution in [0.25, 0.3) is 10.8 Å². The highest BCUT2D eigenvalue weighted by Gasteiger charge is 2.60. The molecule has 33 heteroatoms. The molecular weight excluding hydrogens is 1810 g/mol. The minimum Gasteiger partial charge on any atom is -0.508 e. The maximum Gasteiger partial charge on any atom is 0.407 e. The van der Waals surface area contributed by atoms with E-state index in [1.807, 2.05) is 86.1 Å². The summed E-state index contributed by atoms with van der Waals surface area (Å²) in [5.41, 5.74) is 2.37. The first-order valence-electron chi connectivity index (χ1n) is 50.6. The summed E-state index contributed by atoms with van der Waals surface area (Å²) in [4.78, 5) is 204. The number of phenolic OH excluding ortho intramolecular Hbond substituents is 1. The standard InChI is InChI=1S/C106H148N14O17S2/c1-62(2)23-19-24-64(5)77-41-42-78-76-40-37-72-55-74(43-45-105(72,10)79(76)44-46-106(77,78)11)136-90(124)58-110-99(131)92(65(6)121)117-97(129)86-61-139-138-60-85(114-95(127)84(53-67-33-36-68-25-13-14-26-69(68)51-67)113-98(130)87-31-21-49-119(87)102(134)88-32-22-50-120(88)101(133)70-27-20-48-118(12)59-70)96(128)112-83(52-66-34-38-73(122)39-35-66)94(126)111-82(54-71-56-108-80-29-16-15-28-75(71)80)89(123)57-109-81(93(125)116-91(63(3)4)100(132)115-86)30-17-18-47-107-103(135)137-104(7,8)9/h13-16,20,25-26,28-29,33-39,48,51,56,59,62-65,71,74-88,91-92,109,121-122H,17-19,21-24,27,30-32,40-47,49-50,52-55,57-58,60-61H2,1-12H3,(H,107,135)(H,110,131)(H,111,126)(H,112,128)(H,113,130)(H,114,127)(H,115,132)(H,116,125)(H,117,129). The molecule has 10 aliphatic rings. The Kier molecular flexibility index (Phi) is 36.5. The molecule has 3 aromatic carbocycles. The van der Waals surface area contributed by atoms with Gasteiger partial charge in [-0.15, -0.1) is 0 Å². The van der Waals surface area contributed by atoms with Crippen molar-refractivity contribution in [2.24, 2.45) is 69.1 Å². The Balaban J connectivity index is 0.778. The number of nitrogens with one attached hydrogen (secondary N) is 10. The number of fused-ring (bicyclic) bond motifs is 7. The van der Waals surface area contributed by atoms with E-state index < -0.39 is 174 Å². The van der Waals surface area contributed by atoms with Crippen LogP contribution in [0.5, 0.6) is 5.75 Å². The van der Waals surface area contributed by atoms with Crippen molar-refractivity contribution in [3.8, 4) is 5.75 Å². The molecule has 0 spiro atoms. The highest BCUT2D eigenvalue weighted by Crippen LogP contribution is 2.67. The maximum atomic E-state index is 16.0. The summed E-state index contributed by atoms with van der Waals surface area (Å²) in [6.45, 7) is 21.4. The minimum atomic E-state index is -1.75. The van der Waals surface area contributed by atoms with Gasteiger partial charge < -0.3 is 82.2 Å². The molecule has 5 aliphatic carbocycles. The fourth-order valence-electron chi connectivity index (χ4n) is 23.2. The summed E-state index contributed by atoms with van der Waals surface area (Å²) >= 11 is 0. The summed E-state index contributed by atoms with van der Waals surface area (Å²) in [5.74, 6) is -7.21. The number of aromatic hydroxyl groups is 1. The molecule has 139 heavy (non-hydrogen) atoms. The number of hydrogen-bond donors (Lipinski definition) is 12. The number of benzene rings is 3. The van der Waals surface area contributed by atoms with E-state index in [4.69, 9.17) is 14.5 Å². The number of Topliss-reactive ketones (excluding diaryl/α,β-unsaturated/α-hetero) is 1. The first-order chi connectivity index (χ1) is 66.3. The number of amides is 11. The lowest BCUT2D eigenvalue weighted by Crippen LogP contribution is -2.61. The number of phenols is 1. The minimum absolute atomic E-state index is 0.0148. The van der Waals surface area contributed by atoms with Gasteiger partial charge >= 0.3 is 12.1 Å². The summed E-state index contributed by atoms with van der Waals surface area (Å²) in [5, 5.41) is 52.3. The van der Waals surface area contributed by atoms with Crippen LogP contribution in [0.1, 0.15) is 216 Å². The second-order valence-corrected chi connectivity index (χ2v) is 45.1. The monoisotopic (exact) mass is 1950 g/mol. The van der Waals surface area contributed by atoms with Gasteiger partial charge in [0.05, 0.1) is 30.8 Å². The van der Waals surface area contributed by atoms with Crippen molar-refractivity contribution in [2.75, 3.05) is 51.3 Å². The number of unbranched alkanes of at least 4 members (excludes halogenated alkanes) is 1. The van der Waals surface area contributed by atoms with Gasteiger partial charge in [-0.3, -0.25) is 67.8 Å². The van der Waals surface area contributed by atoms with Gasteiger partial charge in [0, 0.05) is 87.3 Å². The molecule has 12 N–H and O–H groups in total. The third-order valence-corrected chi connectivity index (χ3v) is 33.1. The van der Waals surface area contributed by atoms with E-state index in [0.29, 0.717) is 103 Å². The zero-order valence-electron chi connectivity index (χ0n) is 82.9. The number of carbonyl (C=O) groups excluding carboxylic acids is 13. The molecule has 22 unspecified atom stereocenters. The van der Waals surface area contributed by atoms with Crippen LogP contribution in [0.15, 0.2) is 132 Å². The Morgan fingerprint density at radius 3 is 2.17 bits per heavy atom. The molecule has 3 saturated carbocycles. The molecule has 0 aromatic heterocycles. The van der Waals surface area contributed by atoms with Gasteiger partial charge in [0.25, 0.3) is 5.91 Å². The largest absolute Gasteiger partial charge is 0.508 e. The summed E-state index contributed by atoms with van der Waals surface area (Å²) in [6.07, 6.45) is 28.5. The van der Waals surface area contributed by atoms with Gasteiger partial charge in [-0.05, 0) is 223 Å². The number of aliphatic imine (C=N–C) groups is 1. The Morgan fingerprint density at radius 2 is 1.42 bits per heavy atom. The van der Waals surface area contributed by atoms with E-state index in [1.165, 1.54) is 74.5 Å². The maximum absolute atomic E-state index is 16.0. The van der Waals surface area contributed by atoms with Crippen molar-refractivity contribution in [3.05, 3.63) is 138 Å². The first-order valence-corrected chi connectivity index (χ1v) is 53.1. The lowest BCUT2D eigenvalue weighted by Gasteiger charge is -2.58. The van der Waals surface area contributed by atoms with Crippen LogP contribution in [0.4, 0.5) is 4.79 Å². The topological polar surface area (TPSA) is 423 Å². The number of alkyl carbamates (subject to hydrolysis) is 1. The Bertz CT molecular complexity index is 5130. The normalized spacial score (nSPS) is 29.5. The molecule has 3 aromatic rings. The lowest BCUT2D eigenvalue weighted by atomic mass is 9.47. The molecule has 0 radical (unpaired) electrons. The lowest BCUT2D eigenvalue weighted by molar-refractivity contribution is -0.151. The van der Waals surface area contributed by atoms with Crippen molar-refractivity contribution in [1.29, 1.82) is 0 Å². The van der Waals surface area contributed by atoms with Gasteiger partial charge in [0.2, 0.25) is 53.2 Å². The average Bonchev–Trinajstić information content (AvgIpc) is 1.63. The molecule has 22 atom stereocenters. The van der Waals surface area contributed by atoms with Gasteiger partial charge in [-0.1, -0.05) is 186 Å². The second-order valence-electron chi connectivity index (χ2n) is 42.6. The smallest absolute Gasteiger partial charge is 0.407 e. The highest BCUT2D eigenvalue weighted by atomic mass is 33.1. The Hall–Kier alpha value is -10.4. The predicted octanol–water partition coefficient (Wildman–Crippen LogP) is 10.4. The molecule has 5 heterocycles. The van der Waals surface area contributed by atoms with Crippen molar-refractivity contribution < 1.29 is 82.0 Å². The number of aliphatic hydroxyl groups excluding tert-OH is 1. The number of likely N-dealkylation sites (tertiary alicyclic amines) is 2. The van der Waals surface area contributed by atoms with Crippen LogP contribution in [0.3, 0.4) is 0 Å². The van der Waals surface area contributed by atoms with Gasteiger partial charge in [-0.2, -0.15) is 0 Å². The van der Waals surface area contributed by atoms with E-state index in [-0.39, 0.29) is 92.2 Å². The van der Waals surface area contributed by atoms with E-state index in [2.05, 4.69) is 93.9 Å². The number of hydrogen-bond acceptors (Lipinski definition) is 22. The van der Waals surface area contributed by atoms with E-state index in [0.717, 1.165) is 51.1 Å². The molecular formula is C106H148N14O17S2. The SMILES string of the molecule is CC(C)CCCC(C)C1CCC2C3CC=C4CC(OC(=O)CNC(=O)C(NC(=O)C5CSSCC(NC(=O)C(Cc6ccc7ccccc7c6)NC(=O)C6CCCN6C(=O)C6CCCN6C(=O)C6=CN(C)C=CC6)C(=O)NC(Cc6ccc(O)cc6)C(=O)NC(CC6C=NC7C=CC=CC67)C(=O)CNC(CCCCNC(=O)OC(C)(C)C)C(=O)NC(C(C)C)C(=O)N5)C(C)O)CCC4(C)C3CCC12C. The van der Waals surface area contributed by atoms with Crippen LogP contribution in [-0.4, -0.2) is 244 Å². The van der Waals surface area contributed by atoms with Crippen molar-refractivity contribution in [3.63, 3.8) is 0 Å².